The van der Waals surface area contributed by atoms with E-state index in [1.807, 2.05) is 6.92 Å². The van der Waals surface area contributed by atoms with Crippen molar-refractivity contribution in [1.82, 2.24) is 20.6 Å². The van der Waals surface area contributed by atoms with Gasteiger partial charge in [0.05, 0.1) is 0 Å². The summed E-state index contributed by atoms with van der Waals surface area (Å²) in [5.74, 6) is 0.629. The van der Waals surface area contributed by atoms with Crippen LogP contribution in [0.4, 0.5) is 4.79 Å². The van der Waals surface area contributed by atoms with Gasteiger partial charge in [-0.25, -0.2) is 0 Å². The number of fused-ring (bicyclic) bond motifs is 2. The Kier molecular flexibility index (Phi) is 5.71. The number of nitrogens with zero attached hydrogens (tertiary/aromatic N) is 2. The fourth-order valence-electron chi connectivity index (χ4n) is 4.63. The number of halogens is 1. The van der Waals surface area contributed by atoms with Crippen LogP contribution in [0.3, 0.4) is 0 Å². The Bertz CT molecular complexity index is 838. The maximum absolute atomic E-state index is 12.3. The van der Waals surface area contributed by atoms with Crippen LogP contribution in [0.2, 0.25) is 0 Å². The third-order valence-electron chi connectivity index (χ3n) is 6.09. The monoisotopic (exact) mass is 495 g/mol. The number of nitrogens with one attached hydrogen (secondary N) is 2. The summed E-state index contributed by atoms with van der Waals surface area (Å²) in [5.41, 5.74) is 3.39. The van der Waals surface area contributed by atoms with Gasteiger partial charge in [-0.05, 0) is 0 Å². The zero-order chi connectivity index (χ0) is 19.7. The van der Waals surface area contributed by atoms with Crippen molar-refractivity contribution in [2.45, 2.75) is 77.2 Å². The van der Waals surface area contributed by atoms with Crippen molar-refractivity contribution in [2.75, 3.05) is 0 Å². The first-order valence-electron chi connectivity index (χ1n) is 10.4. The average Bonchev–Trinajstić information content (AvgIpc) is 3.15. The predicted molar refractivity (Wildman–Crippen MR) is 103 cm³/mol. The third-order valence-corrected chi connectivity index (χ3v) is 9.16. The first-order chi connectivity index (χ1) is 13.5. The molecule has 0 spiro atoms. The zero-order valence-electron chi connectivity index (χ0n) is 16.6. The Labute approximate surface area is 176 Å². The SMILES string of the molecule is CCCC1(CCCCc2ncnc3c2C2=C(CC(C)CC2)[I-]3)NC(=O)NC1=O. The quantitative estimate of drug-likeness (QED) is 0.248. The van der Waals surface area contributed by atoms with Crippen LogP contribution >= 0.6 is 0 Å². The molecule has 1 aromatic rings. The number of aromatic nitrogens is 2. The van der Waals surface area contributed by atoms with Gasteiger partial charge in [0.2, 0.25) is 0 Å². The van der Waals surface area contributed by atoms with Crippen molar-refractivity contribution >= 4 is 17.5 Å². The number of carbonyl (C=O) groups excluding carboxylic acids is 2. The number of aryl methyl sites for hydroxylation is 1. The fourth-order valence-corrected chi connectivity index (χ4v) is 8.25. The Hall–Kier alpha value is -1.51. The Morgan fingerprint density at radius 3 is 2.86 bits per heavy atom. The van der Waals surface area contributed by atoms with E-state index in [0.29, 0.717) is 12.8 Å². The molecule has 28 heavy (non-hydrogen) atoms. The summed E-state index contributed by atoms with van der Waals surface area (Å²) in [4.78, 5) is 33.1. The summed E-state index contributed by atoms with van der Waals surface area (Å²) in [7, 11) is 0. The van der Waals surface area contributed by atoms with E-state index in [1.165, 1.54) is 34.2 Å². The number of unbranched alkanes of at least 4 members (excludes halogenated alkanes) is 1. The average molecular weight is 495 g/mol. The van der Waals surface area contributed by atoms with Crippen molar-refractivity contribution < 1.29 is 30.8 Å². The van der Waals surface area contributed by atoms with Gasteiger partial charge in [-0.2, -0.15) is 0 Å². The summed E-state index contributed by atoms with van der Waals surface area (Å²) in [6, 6.07) is -0.359. The maximum atomic E-state index is 12.3. The van der Waals surface area contributed by atoms with Crippen molar-refractivity contribution in [3.05, 3.63) is 24.9 Å². The summed E-state index contributed by atoms with van der Waals surface area (Å²) >= 11 is -0.107. The third kappa shape index (κ3) is 3.69. The first-order valence-corrected chi connectivity index (χ1v) is 12.5. The van der Waals surface area contributed by atoms with Gasteiger partial charge in [-0.1, -0.05) is 0 Å². The van der Waals surface area contributed by atoms with E-state index < -0.39 is 5.54 Å². The number of hydrogen-bond acceptors (Lipinski definition) is 4. The molecule has 6 nitrogen and oxygen atoms in total. The van der Waals surface area contributed by atoms with Crippen molar-refractivity contribution in [3.63, 3.8) is 0 Å². The molecule has 3 heterocycles. The summed E-state index contributed by atoms with van der Waals surface area (Å²) in [6.07, 6.45) is 10.4. The van der Waals surface area contributed by atoms with Crippen LogP contribution in [0.15, 0.2) is 9.91 Å². The van der Waals surface area contributed by atoms with Gasteiger partial charge >= 0.3 is 177 Å². The van der Waals surface area contributed by atoms with Gasteiger partial charge in [0, 0.05) is 0 Å². The van der Waals surface area contributed by atoms with Gasteiger partial charge in [0.15, 0.2) is 0 Å². The van der Waals surface area contributed by atoms with E-state index in [2.05, 4.69) is 27.5 Å². The molecule has 2 N–H and O–H groups in total. The van der Waals surface area contributed by atoms with Crippen molar-refractivity contribution in [2.24, 2.45) is 5.92 Å². The van der Waals surface area contributed by atoms with E-state index in [-0.39, 0.29) is 33.1 Å². The van der Waals surface area contributed by atoms with Crippen LogP contribution < -0.4 is 31.8 Å². The number of urea groups is 1. The van der Waals surface area contributed by atoms with E-state index in [0.717, 1.165) is 31.6 Å². The van der Waals surface area contributed by atoms with E-state index in [9.17, 15) is 9.59 Å². The minimum atomic E-state index is -0.722. The number of hydrogen-bond donors (Lipinski definition) is 2. The fraction of sp³-hybridized carbons (Fsp3) is 0.619. The predicted octanol–water partition coefficient (Wildman–Crippen LogP) is 0.371. The van der Waals surface area contributed by atoms with Crippen molar-refractivity contribution in [1.29, 1.82) is 0 Å². The number of amides is 3. The Balaban J connectivity index is 1.41. The van der Waals surface area contributed by atoms with Crippen LogP contribution in [-0.2, 0) is 11.2 Å². The number of imide groups is 1. The zero-order valence-corrected chi connectivity index (χ0v) is 18.8. The Morgan fingerprint density at radius 2 is 2.11 bits per heavy atom. The van der Waals surface area contributed by atoms with E-state index in [4.69, 9.17) is 0 Å². The molecular weight excluding hydrogens is 467 g/mol. The van der Waals surface area contributed by atoms with Crippen LogP contribution in [0, 0.1) is 9.62 Å². The molecule has 1 aromatic heterocycles. The Morgan fingerprint density at radius 1 is 1.25 bits per heavy atom. The molecule has 0 aromatic carbocycles. The molecule has 4 rings (SSSR count). The molecule has 1 aliphatic carbocycles. The second-order valence-corrected chi connectivity index (χ2v) is 11.1. The minimum absolute atomic E-state index is 0.107. The molecule has 1 saturated heterocycles. The van der Waals surface area contributed by atoms with Gasteiger partial charge in [0.1, 0.15) is 0 Å². The molecule has 3 aliphatic rings. The normalized spacial score (nSPS) is 26.4. The van der Waals surface area contributed by atoms with Crippen LogP contribution in [0.5, 0.6) is 0 Å². The molecule has 0 radical (unpaired) electrons. The number of carbonyl (C=O) groups is 2. The van der Waals surface area contributed by atoms with Crippen LogP contribution in [-0.4, -0.2) is 27.4 Å². The van der Waals surface area contributed by atoms with Gasteiger partial charge < -0.3 is 0 Å². The van der Waals surface area contributed by atoms with Crippen molar-refractivity contribution in [3.8, 4) is 0 Å². The molecule has 7 heteroatoms. The molecule has 1 fully saturated rings. The summed E-state index contributed by atoms with van der Waals surface area (Å²) in [6.45, 7) is 4.40. The second kappa shape index (κ2) is 8.08. The van der Waals surface area contributed by atoms with E-state index >= 15 is 0 Å². The molecule has 0 bridgehead atoms. The first kappa shape index (κ1) is 19.8. The second-order valence-electron chi connectivity index (χ2n) is 8.26. The van der Waals surface area contributed by atoms with E-state index in [1.54, 1.807) is 15.5 Å². The molecule has 2 unspecified atom stereocenters. The number of allylic oxidation sites excluding steroid dienone is 2. The molecule has 2 aliphatic heterocycles. The van der Waals surface area contributed by atoms with Gasteiger partial charge in [-0.3, -0.25) is 0 Å². The van der Waals surface area contributed by atoms with Crippen LogP contribution in [0.25, 0.3) is 5.57 Å². The van der Waals surface area contributed by atoms with Gasteiger partial charge in [0.25, 0.3) is 0 Å². The molecule has 2 atom stereocenters. The standard InChI is InChI=1S/C21H28IN4O2/c1-3-9-21(19(27)25-20(28)26-21)10-5-4-6-16-17-14-8-7-13(2)11-15(14)22-18(17)24-12-23-16/h12-13H,3-11H2,1-2H3,(H2,25,26,27,28)/q-1. The van der Waals surface area contributed by atoms with Crippen LogP contribution in [0.1, 0.15) is 76.5 Å². The molecule has 3 amide bonds. The summed E-state index contributed by atoms with van der Waals surface area (Å²) < 4.78 is 2.99. The topological polar surface area (TPSA) is 84.0 Å². The van der Waals surface area contributed by atoms with Gasteiger partial charge in [-0.15, -0.1) is 0 Å². The summed E-state index contributed by atoms with van der Waals surface area (Å²) in [5, 5.41) is 5.28. The molecule has 152 valence electrons. The number of rotatable bonds is 7. The molecular formula is C21H28IN4O2-. The molecule has 0 saturated carbocycles.